The first kappa shape index (κ1) is 9.57. The van der Waals surface area contributed by atoms with Crippen molar-refractivity contribution >= 4 is 0 Å². The molecule has 14 heavy (non-hydrogen) atoms. The average molecular weight is 190 g/mol. The summed E-state index contributed by atoms with van der Waals surface area (Å²) in [7, 11) is 0. The number of benzene rings is 1. The second kappa shape index (κ2) is 3.64. The predicted octanol–water partition coefficient (Wildman–Crippen LogP) is 3.52. The minimum Gasteiger partial charge on any atom is -0.493 e. The van der Waals surface area contributed by atoms with E-state index in [1.807, 2.05) is 0 Å². The molecule has 0 spiro atoms. The Kier molecular flexibility index (Phi) is 2.49. The summed E-state index contributed by atoms with van der Waals surface area (Å²) in [5.74, 6) is 2.48. The van der Waals surface area contributed by atoms with Gasteiger partial charge in [0, 0.05) is 0 Å². The Bertz CT molecular complexity index is 328. The number of hydrogen-bond acceptors (Lipinski definition) is 1. The van der Waals surface area contributed by atoms with Crippen LogP contribution in [0.15, 0.2) is 18.2 Å². The van der Waals surface area contributed by atoms with Crippen LogP contribution in [0.2, 0.25) is 0 Å². The quantitative estimate of drug-likeness (QED) is 0.658. The normalized spacial score (nSPS) is 20.4. The molecule has 0 fully saturated rings. The van der Waals surface area contributed by atoms with Crippen molar-refractivity contribution in [2.45, 2.75) is 33.1 Å². The van der Waals surface area contributed by atoms with E-state index in [9.17, 15) is 0 Å². The predicted molar refractivity (Wildman–Crippen MR) is 58.9 cm³/mol. The summed E-state index contributed by atoms with van der Waals surface area (Å²) in [4.78, 5) is 0. The second-order valence-electron chi connectivity index (χ2n) is 4.53. The van der Waals surface area contributed by atoms with Crippen molar-refractivity contribution in [3.63, 3.8) is 0 Å². The number of ether oxygens (including phenoxy) is 1. The minimum atomic E-state index is 0.679. The van der Waals surface area contributed by atoms with Crippen LogP contribution in [0.1, 0.15) is 37.3 Å². The lowest BCUT2D eigenvalue weighted by atomic mass is 9.83. The van der Waals surface area contributed by atoms with Crippen LogP contribution in [-0.4, -0.2) is 6.61 Å². The van der Waals surface area contributed by atoms with E-state index in [0.717, 1.165) is 18.8 Å². The molecule has 0 saturated heterocycles. The summed E-state index contributed by atoms with van der Waals surface area (Å²) in [5, 5.41) is 0. The Morgan fingerprint density at radius 2 is 2.14 bits per heavy atom. The second-order valence-corrected chi connectivity index (χ2v) is 4.53. The van der Waals surface area contributed by atoms with Crippen LogP contribution in [0, 0.1) is 12.8 Å². The van der Waals surface area contributed by atoms with Crippen molar-refractivity contribution in [1.82, 2.24) is 0 Å². The largest absolute Gasteiger partial charge is 0.493 e. The maximum Gasteiger partial charge on any atom is 0.122 e. The van der Waals surface area contributed by atoms with Gasteiger partial charge in [-0.05, 0) is 36.8 Å². The Labute approximate surface area is 86.1 Å². The lowest BCUT2D eigenvalue weighted by Crippen LogP contribution is -2.18. The van der Waals surface area contributed by atoms with Gasteiger partial charge >= 0.3 is 0 Å². The van der Waals surface area contributed by atoms with Crippen molar-refractivity contribution < 1.29 is 4.74 Å². The fourth-order valence-corrected chi connectivity index (χ4v) is 2.23. The monoisotopic (exact) mass is 190 g/mol. The van der Waals surface area contributed by atoms with Crippen LogP contribution in [0.4, 0.5) is 0 Å². The number of hydrogen-bond donors (Lipinski definition) is 0. The molecule has 0 radical (unpaired) electrons. The zero-order valence-electron chi connectivity index (χ0n) is 9.21. The van der Waals surface area contributed by atoms with Crippen molar-refractivity contribution in [2.24, 2.45) is 5.92 Å². The molecule has 76 valence electrons. The molecule has 0 aliphatic carbocycles. The van der Waals surface area contributed by atoms with Gasteiger partial charge in [0.1, 0.15) is 5.75 Å². The molecule has 2 rings (SSSR count). The third-order valence-electron chi connectivity index (χ3n) is 3.06. The van der Waals surface area contributed by atoms with Crippen molar-refractivity contribution in [2.75, 3.05) is 6.61 Å². The van der Waals surface area contributed by atoms with Gasteiger partial charge in [-0.2, -0.15) is 0 Å². The lowest BCUT2D eigenvalue weighted by Gasteiger charge is -2.28. The van der Waals surface area contributed by atoms with E-state index in [-0.39, 0.29) is 0 Å². The Balaban J connectivity index is 2.41. The Morgan fingerprint density at radius 1 is 1.36 bits per heavy atom. The average Bonchev–Trinajstić information content (AvgIpc) is 2.16. The van der Waals surface area contributed by atoms with Gasteiger partial charge in [-0.15, -0.1) is 0 Å². The van der Waals surface area contributed by atoms with Crippen LogP contribution in [-0.2, 0) is 0 Å². The number of aryl methyl sites for hydroxylation is 1. The molecule has 1 aromatic carbocycles. The highest BCUT2D eigenvalue weighted by molar-refractivity contribution is 5.40. The van der Waals surface area contributed by atoms with Crippen LogP contribution >= 0.6 is 0 Å². The van der Waals surface area contributed by atoms with E-state index in [1.165, 1.54) is 11.1 Å². The summed E-state index contributed by atoms with van der Waals surface area (Å²) in [6, 6.07) is 6.51. The van der Waals surface area contributed by atoms with Gasteiger partial charge in [-0.25, -0.2) is 0 Å². The zero-order valence-corrected chi connectivity index (χ0v) is 9.21. The molecular formula is C13H18O. The van der Waals surface area contributed by atoms with Gasteiger partial charge in [0.25, 0.3) is 0 Å². The molecule has 0 N–H and O–H groups in total. The molecule has 0 bridgehead atoms. The highest BCUT2D eigenvalue weighted by Crippen LogP contribution is 2.38. The van der Waals surface area contributed by atoms with E-state index in [4.69, 9.17) is 4.74 Å². The van der Waals surface area contributed by atoms with Crippen molar-refractivity contribution in [3.8, 4) is 5.75 Å². The van der Waals surface area contributed by atoms with E-state index in [1.54, 1.807) is 0 Å². The zero-order chi connectivity index (χ0) is 10.1. The Hall–Kier alpha value is -0.980. The molecule has 1 aliphatic heterocycles. The molecule has 1 aromatic rings. The fourth-order valence-electron chi connectivity index (χ4n) is 2.23. The summed E-state index contributed by atoms with van der Waals surface area (Å²) in [5.41, 5.74) is 2.74. The maximum atomic E-state index is 5.66. The number of fused-ring (bicyclic) bond motifs is 1. The SMILES string of the molecule is Cc1ccc2c(c1)C(C(C)C)CCO2. The van der Waals surface area contributed by atoms with Gasteiger partial charge in [0.2, 0.25) is 0 Å². The molecule has 1 atom stereocenters. The smallest absolute Gasteiger partial charge is 0.122 e. The van der Waals surface area contributed by atoms with E-state index >= 15 is 0 Å². The van der Waals surface area contributed by atoms with Gasteiger partial charge < -0.3 is 4.74 Å². The first-order valence-electron chi connectivity index (χ1n) is 5.42. The third kappa shape index (κ3) is 1.63. The summed E-state index contributed by atoms with van der Waals surface area (Å²) in [6.07, 6.45) is 1.16. The Morgan fingerprint density at radius 3 is 2.86 bits per heavy atom. The molecular weight excluding hydrogens is 172 g/mol. The molecule has 0 saturated carbocycles. The molecule has 1 aliphatic rings. The third-order valence-corrected chi connectivity index (χ3v) is 3.06. The molecule has 1 heterocycles. The first-order chi connectivity index (χ1) is 6.68. The van der Waals surface area contributed by atoms with Crippen LogP contribution in [0.25, 0.3) is 0 Å². The van der Waals surface area contributed by atoms with Crippen LogP contribution in [0.5, 0.6) is 5.75 Å². The van der Waals surface area contributed by atoms with E-state index in [2.05, 4.69) is 39.0 Å². The summed E-state index contributed by atoms with van der Waals surface area (Å²) < 4.78 is 5.66. The van der Waals surface area contributed by atoms with Gasteiger partial charge in [-0.1, -0.05) is 31.5 Å². The molecule has 1 unspecified atom stereocenters. The first-order valence-corrected chi connectivity index (χ1v) is 5.42. The fraction of sp³-hybridized carbons (Fsp3) is 0.538. The van der Waals surface area contributed by atoms with E-state index in [0.29, 0.717) is 11.8 Å². The van der Waals surface area contributed by atoms with Gasteiger partial charge in [0.05, 0.1) is 6.61 Å². The minimum absolute atomic E-state index is 0.679. The molecule has 0 aromatic heterocycles. The highest BCUT2D eigenvalue weighted by atomic mass is 16.5. The van der Waals surface area contributed by atoms with Crippen molar-refractivity contribution in [1.29, 1.82) is 0 Å². The summed E-state index contributed by atoms with van der Waals surface area (Å²) >= 11 is 0. The topological polar surface area (TPSA) is 9.23 Å². The van der Waals surface area contributed by atoms with Crippen LogP contribution in [0.3, 0.4) is 0 Å². The number of rotatable bonds is 1. The molecule has 0 amide bonds. The highest BCUT2D eigenvalue weighted by Gasteiger charge is 2.23. The van der Waals surface area contributed by atoms with Crippen LogP contribution < -0.4 is 4.74 Å². The van der Waals surface area contributed by atoms with Gasteiger partial charge in [-0.3, -0.25) is 0 Å². The van der Waals surface area contributed by atoms with Crippen molar-refractivity contribution in [3.05, 3.63) is 29.3 Å². The lowest BCUT2D eigenvalue weighted by molar-refractivity contribution is 0.247. The summed E-state index contributed by atoms with van der Waals surface area (Å²) in [6.45, 7) is 7.61. The standard InChI is InChI=1S/C13H18O/c1-9(2)11-6-7-14-13-5-4-10(3)8-12(11)13/h4-5,8-9,11H,6-7H2,1-3H3. The van der Waals surface area contributed by atoms with Gasteiger partial charge in [0.15, 0.2) is 0 Å². The molecule has 1 heteroatoms. The van der Waals surface area contributed by atoms with E-state index < -0.39 is 0 Å². The maximum absolute atomic E-state index is 5.66. The molecule has 1 nitrogen and oxygen atoms in total.